The van der Waals surface area contributed by atoms with E-state index in [2.05, 4.69) is 27.8 Å². The fourth-order valence-electron chi connectivity index (χ4n) is 1.39. The summed E-state index contributed by atoms with van der Waals surface area (Å²) in [6, 6.07) is 3.56. The number of hydrogen-bond donors (Lipinski definition) is 0. The zero-order chi connectivity index (χ0) is 11.3. The molecule has 1 aromatic rings. The molecule has 0 fully saturated rings. The van der Waals surface area contributed by atoms with Crippen LogP contribution in [0, 0.1) is 0 Å². The predicted octanol–water partition coefficient (Wildman–Crippen LogP) is 2.72. The van der Waals surface area contributed by atoms with E-state index in [9.17, 15) is 4.79 Å². The van der Waals surface area contributed by atoms with Crippen LogP contribution < -0.4 is 0 Å². The predicted molar refractivity (Wildman–Crippen MR) is 63.8 cm³/mol. The number of amides is 1. The zero-order valence-corrected chi connectivity index (χ0v) is 10.6. The number of halogens is 1. The summed E-state index contributed by atoms with van der Waals surface area (Å²) in [5.74, 6) is 0.0410. The lowest BCUT2D eigenvalue weighted by atomic mass is 10.2. The highest BCUT2D eigenvalue weighted by Gasteiger charge is 2.15. The van der Waals surface area contributed by atoms with E-state index in [1.807, 2.05) is 11.8 Å². The van der Waals surface area contributed by atoms with Gasteiger partial charge in [0.05, 0.1) is 5.56 Å². The summed E-state index contributed by atoms with van der Waals surface area (Å²) >= 11 is 3.29. The lowest BCUT2D eigenvalue weighted by Gasteiger charge is -2.20. The summed E-state index contributed by atoms with van der Waals surface area (Å²) < 4.78 is 0.615. The van der Waals surface area contributed by atoms with Crippen molar-refractivity contribution in [3.05, 3.63) is 28.5 Å². The van der Waals surface area contributed by atoms with E-state index < -0.39 is 0 Å². The highest BCUT2D eigenvalue weighted by atomic mass is 79.9. The molecule has 1 rings (SSSR count). The van der Waals surface area contributed by atoms with Crippen LogP contribution in [0.15, 0.2) is 22.9 Å². The number of aromatic nitrogens is 1. The first-order valence-electron chi connectivity index (χ1n) is 5.10. The van der Waals surface area contributed by atoms with Crippen LogP contribution in [0.25, 0.3) is 0 Å². The van der Waals surface area contributed by atoms with Gasteiger partial charge in [0, 0.05) is 19.3 Å². The van der Waals surface area contributed by atoms with Crippen LogP contribution in [0.3, 0.4) is 0 Å². The Balaban J connectivity index is 2.88. The highest BCUT2D eigenvalue weighted by molar-refractivity contribution is 9.10. The zero-order valence-electron chi connectivity index (χ0n) is 9.03. The summed E-state index contributed by atoms with van der Waals surface area (Å²) in [5.41, 5.74) is 0.632. The van der Waals surface area contributed by atoms with Crippen molar-refractivity contribution >= 4 is 21.8 Å². The standard InChI is InChI=1S/C11H15BrN2O/c1-3-8-14(4-2)11(15)9-6-5-7-13-10(9)12/h5-7H,3-4,8H2,1-2H3. The molecule has 3 nitrogen and oxygen atoms in total. The molecule has 0 radical (unpaired) electrons. The van der Waals surface area contributed by atoms with E-state index in [0.717, 1.165) is 19.5 Å². The second-order valence-corrected chi connectivity index (χ2v) is 3.98. The van der Waals surface area contributed by atoms with Gasteiger partial charge in [0.2, 0.25) is 0 Å². The van der Waals surface area contributed by atoms with E-state index in [-0.39, 0.29) is 5.91 Å². The quantitative estimate of drug-likeness (QED) is 0.789. The van der Waals surface area contributed by atoms with Gasteiger partial charge in [0.15, 0.2) is 0 Å². The molecule has 0 aliphatic carbocycles. The van der Waals surface area contributed by atoms with Crippen LogP contribution in [-0.4, -0.2) is 28.9 Å². The Hall–Kier alpha value is -0.900. The maximum Gasteiger partial charge on any atom is 0.256 e. The minimum absolute atomic E-state index is 0.0410. The SMILES string of the molecule is CCCN(CC)C(=O)c1cccnc1Br. The summed E-state index contributed by atoms with van der Waals surface area (Å²) in [4.78, 5) is 17.9. The Morgan fingerprint density at radius 2 is 2.27 bits per heavy atom. The topological polar surface area (TPSA) is 33.2 Å². The Labute approximate surface area is 98.6 Å². The first kappa shape index (κ1) is 12.2. The van der Waals surface area contributed by atoms with Crippen LogP contribution in [0.4, 0.5) is 0 Å². The third-order valence-corrected chi connectivity index (χ3v) is 2.78. The van der Waals surface area contributed by atoms with Crippen molar-refractivity contribution in [2.75, 3.05) is 13.1 Å². The largest absolute Gasteiger partial charge is 0.339 e. The number of carbonyl (C=O) groups excluding carboxylic acids is 1. The second-order valence-electron chi connectivity index (χ2n) is 3.23. The van der Waals surface area contributed by atoms with Gasteiger partial charge in [-0.3, -0.25) is 4.79 Å². The van der Waals surface area contributed by atoms with Gasteiger partial charge in [-0.2, -0.15) is 0 Å². The van der Waals surface area contributed by atoms with E-state index in [1.54, 1.807) is 18.3 Å². The van der Waals surface area contributed by atoms with E-state index >= 15 is 0 Å². The summed E-state index contributed by atoms with van der Waals surface area (Å²) in [6.45, 7) is 5.57. The molecule has 0 N–H and O–H groups in total. The Bertz CT molecular complexity index is 341. The molecule has 0 unspecified atom stereocenters. The molecular weight excluding hydrogens is 256 g/mol. The normalized spacial score (nSPS) is 10.1. The first-order valence-corrected chi connectivity index (χ1v) is 5.89. The van der Waals surface area contributed by atoms with Gasteiger partial charge in [0.1, 0.15) is 4.60 Å². The maximum atomic E-state index is 12.0. The van der Waals surface area contributed by atoms with E-state index in [4.69, 9.17) is 0 Å². The molecule has 0 aliphatic heterocycles. The van der Waals surface area contributed by atoms with Crippen molar-refractivity contribution in [3.63, 3.8) is 0 Å². The number of hydrogen-bond acceptors (Lipinski definition) is 2. The Morgan fingerprint density at radius 1 is 1.53 bits per heavy atom. The van der Waals surface area contributed by atoms with Gasteiger partial charge in [0.25, 0.3) is 5.91 Å². The third kappa shape index (κ3) is 3.02. The molecule has 4 heteroatoms. The molecule has 0 atom stereocenters. The van der Waals surface area contributed by atoms with Crippen molar-refractivity contribution in [1.82, 2.24) is 9.88 Å². The van der Waals surface area contributed by atoms with Crippen LogP contribution in [0.5, 0.6) is 0 Å². The monoisotopic (exact) mass is 270 g/mol. The molecular formula is C11H15BrN2O. The number of pyridine rings is 1. The molecule has 1 aromatic heterocycles. The molecule has 1 amide bonds. The molecule has 0 aromatic carbocycles. The first-order chi connectivity index (χ1) is 7.20. The van der Waals surface area contributed by atoms with Crippen molar-refractivity contribution in [2.24, 2.45) is 0 Å². The number of carbonyl (C=O) groups is 1. The fourth-order valence-corrected chi connectivity index (χ4v) is 1.81. The number of nitrogens with zero attached hydrogens (tertiary/aromatic N) is 2. The molecule has 0 bridgehead atoms. The third-order valence-electron chi connectivity index (χ3n) is 2.15. The van der Waals surface area contributed by atoms with Crippen molar-refractivity contribution in [3.8, 4) is 0 Å². The van der Waals surface area contributed by atoms with Crippen molar-refractivity contribution in [2.45, 2.75) is 20.3 Å². The van der Waals surface area contributed by atoms with Crippen LogP contribution in [-0.2, 0) is 0 Å². The minimum atomic E-state index is 0.0410. The van der Waals surface area contributed by atoms with Gasteiger partial charge in [-0.1, -0.05) is 6.92 Å². The van der Waals surface area contributed by atoms with Crippen LogP contribution >= 0.6 is 15.9 Å². The average Bonchev–Trinajstić information content (AvgIpc) is 2.25. The van der Waals surface area contributed by atoms with Gasteiger partial charge in [-0.25, -0.2) is 4.98 Å². The molecule has 1 heterocycles. The second kappa shape index (κ2) is 5.85. The summed E-state index contributed by atoms with van der Waals surface area (Å²) in [5, 5.41) is 0. The summed E-state index contributed by atoms with van der Waals surface area (Å²) in [7, 11) is 0. The van der Waals surface area contributed by atoms with Gasteiger partial charge < -0.3 is 4.90 Å². The average molecular weight is 271 g/mol. The van der Waals surface area contributed by atoms with Gasteiger partial charge in [-0.15, -0.1) is 0 Å². The van der Waals surface area contributed by atoms with Gasteiger partial charge >= 0.3 is 0 Å². The number of rotatable bonds is 4. The van der Waals surface area contributed by atoms with E-state index in [0.29, 0.717) is 10.2 Å². The van der Waals surface area contributed by atoms with Crippen molar-refractivity contribution in [1.29, 1.82) is 0 Å². The molecule has 0 saturated heterocycles. The Kier molecular flexibility index (Phi) is 4.75. The van der Waals surface area contributed by atoms with Crippen LogP contribution in [0.2, 0.25) is 0 Å². The molecule has 15 heavy (non-hydrogen) atoms. The highest BCUT2D eigenvalue weighted by Crippen LogP contribution is 2.15. The summed E-state index contributed by atoms with van der Waals surface area (Å²) in [6.07, 6.45) is 2.63. The molecule has 0 saturated carbocycles. The smallest absolute Gasteiger partial charge is 0.256 e. The molecule has 82 valence electrons. The molecule has 0 spiro atoms. The van der Waals surface area contributed by atoms with E-state index in [1.165, 1.54) is 0 Å². The maximum absolute atomic E-state index is 12.0. The lowest BCUT2D eigenvalue weighted by molar-refractivity contribution is 0.0763. The van der Waals surface area contributed by atoms with Gasteiger partial charge in [-0.05, 0) is 41.4 Å². The molecule has 0 aliphatic rings. The van der Waals surface area contributed by atoms with Crippen LogP contribution in [0.1, 0.15) is 30.6 Å². The lowest BCUT2D eigenvalue weighted by Crippen LogP contribution is -2.31. The minimum Gasteiger partial charge on any atom is -0.339 e. The Morgan fingerprint density at radius 3 is 2.80 bits per heavy atom. The fraction of sp³-hybridized carbons (Fsp3) is 0.455. The van der Waals surface area contributed by atoms with Crippen molar-refractivity contribution < 1.29 is 4.79 Å².